The molecule has 1 aliphatic heterocycles. The standard InChI is InChI=1S/C12H16N2O4S/c1-9(15)10-2-3-11(12(8-10)14(16)17)13-4-6-19(18)7-5-13/h2-3,8-9,15H,4-7H2,1H3/t9-/m0/s1. The summed E-state index contributed by atoms with van der Waals surface area (Å²) >= 11 is 0. The van der Waals surface area contributed by atoms with Crippen molar-refractivity contribution in [2.75, 3.05) is 29.5 Å². The molecule has 0 aliphatic carbocycles. The highest BCUT2D eigenvalue weighted by molar-refractivity contribution is 7.85. The molecule has 0 amide bonds. The molecule has 7 heteroatoms. The Morgan fingerprint density at radius 2 is 2.05 bits per heavy atom. The lowest BCUT2D eigenvalue weighted by Crippen LogP contribution is -2.38. The van der Waals surface area contributed by atoms with Crippen molar-refractivity contribution in [3.8, 4) is 0 Å². The quantitative estimate of drug-likeness (QED) is 0.666. The lowest BCUT2D eigenvalue weighted by molar-refractivity contribution is -0.384. The Hall–Kier alpha value is -1.47. The van der Waals surface area contributed by atoms with Crippen LogP contribution in [0.4, 0.5) is 11.4 Å². The van der Waals surface area contributed by atoms with Crippen molar-refractivity contribution >= 4 is 22.2 Å². The number of aliphatic hydroxyl groups excluding tert-OH is 1. The van der Waals surface area contributed by atoms with Gasteiger partial charge in [0.25, 0.3) is 5.69 Å². The van der Waals surface area contributed by atoms with Gasteiger partial charge in [-0.05, 0) is 18.6 Å². The summed E-state index contributed by atoms with van der Waals surface area (Å²) in [7, 11) is -0.815. The molecule has 0 aromatic heterocycles. The Morgan fingerprint density at radius 1 is 1.42 bits per heavy atom. The maximum Gasteiger partial charge on any atom is 0.292 e. The molecule has 0 bridgehead atoms. The molecule has 2 rings (SSSR count). The predicted molar refractivity (Wildman–Crippen MR) is 73.8 cm³/mol. The predicted octanol–water partition coefficient (Wildman–Crippen LogP) is 1.22. The first-order chi connectivity index (χ1) is 8.99. The highest BCUT2D eigenvalue weighted by atomic mass is 32.2. The summed E-state index contributed by atoms with van der Waals surface area (Å²) in [6.07, 6.45) is -0.735. The summed E-state index contributed by atoms with van der Waals surface area (Å²) in [4.78, 5) is 12.6. The van der Waals surface area contributed by atoms with Gasteiger partial charge in [0.05, 0.1) is 11.0 Å². The molecule has 1 atom stereocenters. The monoisotopic (exact) mass is 284 g/mol. The number of hydrogen-bond donors (Lipinski definition) is 1. The third kappa shape index (κ3) is 3.10. The van der Waals surface area contributed by atoms with Gasteiger partial charge in [-0.25, -0.2) is 0 Å². The molecule has 0 radical (unpaired) electrons. The van der Waals surface area contributed by atoms with Gasteiger partial charge in [-0.3, -0.25) is 14.3 Å². The summed E-state index contributed by atoms with van der Waals surface area (Å²) in [5.41, 5.74) is 1.05. The minimum Gasteiger partial charge on any atom is -0.389 e. The molecule has 0 unspecified atom stereocenters. The van der Waals surface area contributed by atoms with Crippen LogP contribution in [0.1, 0.15) is 18.6 Å². The van der Waals surface area contributed by atoms with Crippen LogP contribution < -0.4 is 4.90 Å². The average Bonchev–Trinajstić information content (AvgIpc) is 2.38. The van der Waals surface area contributed by atoms with Crippen molar-refractivity contribution in [3.05, 3.63) is 33.9 Å². The SMILES string of the molecule is C[C@H](O)c1ccc(N2CCS(=O)CC2)c([N+](=O)[O-])c1. The second-order valence-corrected chi connectivity index (χ2v) is 6.21. The van der Waals surface area contributed by atoms with Gasteiger partial charge in [-0.2, -0.15) is 0 Å². The minimum atomic E-state index is -0.815. The third-order valence-corrected chi connectivity index (χ3v) is 4.47. The highest BCUT2D eigenvalue weighted by Crippen LogP contribution is 2.31. The number of nitro groups is 1. The molecular weight excluding hydrogens is 268 g/mol. The zero-order chi connectivity index (χ0) is 14.0. The first kappa shape index (κ1) is 14.0. The van der Waals surface area contributed by atoms with Gasteiger partial charge in [-0.15, -0.1) is 0 Å². The molecule has 19 heavy (non-hydrogen) atoms. The molecule has 1 heterocycles. The van der Waals surface area contributed by atoms with E-state index in [4.69, 9.17) is 0 Å². The molecule has 0 spiro atoms. The van der Waals surface area contributed by atoms with Crippen molar-refractivity contribution in [1.29, 1.82) is 0 Å². The van der Waals surface area contributed by atoms with Crippen molar-refractivity contribution in [2.24, 2.45) is 0 Å². The van der Waals surface area contributed by atoms with Gasteiger partial charge in [0.2, 0.25) is 0 Å². The Kier molecular flexibility index (Phi) is 4.16. The van der Waals surface area contributed by atoms with E-state index in [1.165, 1.54) is 6.07 Å². The Morgan fingerprint density at radius 3 is 2.58 bits per heavy atom. The number of hydrogen-bond acceptors (Lipinski definition) is 5. The first-order valence-electron chi connectivity index (χ1n) is 6.05. The van der Waals surface area contributed by atoms with E-state index in [-0.39, 0.29) is 5.69 Å². The maximum absolute atomic E-state index is 11.3. The minimum absolute atomic E-state index is 0.00826. The van der Waals surface area contributed by atoms with Crippen LogP contribution in [0.2, 0.25) is 0 Å². The van der Waals surface area contributed by atoms with Gasteiger partial charge >= 0.3 is 0 Å². The highest BCUT2D eigenvalue weighted by Gasteiger charge is 2.24. The van der Waals surface area contributed by atoms with Crippen LogP contribution in [0, 0.1) is 10.1 Å². The van der Waals surface area contributed by atoms with E-state index in [9.17, 15) is 19.4 Å². The van der Waals surface area contributed by atoms with Crippen molar-refractivity contribution in [1.82, 2.24) is 0 Å². The van der Waals surface area contributed by atoms with E-state index in [2.05, 4.69) is 0 Å². The van der Waals surface area contributed by atoms with Gasteiger partial charge in [0, 0.05) is 41.5 Å². The van der Waals surface area contributed by atoms with Crippen molar-refractivity contribution in [3.63, 3.8) is 0 Å². The molecule has 1 aromatic rings. The van der Waals surface area contributed by atoms with Crippen LogP contribution >= 0.6 is 0 Å². The normalized spacial score (nSPS) is 18.3. The lowest BCUT2D eigenvalue weighted by Gasteiger charge is -2.28. The van der Waals surface area contributed by atoms with Crippen LogP contribution in [0.3, 0.4) is 0 Å². The van der Waals surface area contributed by atoms with Gasteiger partial charge < -0.3 is 10.0 Å². The maximum atomic E-state index is 11.3. The lowest BCUT2D eigenvalue weighted by atomic mass is 10.1. The summed E-state index contributed by atoms with van der Waals surface area (Å²) in [5, 5.41) is 20.6. The van der Waals surface area contributed by atoms with Crippen molar-refractivity contribution in [2.45, 2.75) is 13.0 Å². The molecule has 1 aromatic carbocycles. The Bertz CT molecular complexity index is 508. The number of aliphatic hydroxyl groups is 1. The van der Waals surface area contributed by atoms with Crippen LogP contribution in [0.15, 0.2) is 18.2 Å². The molecular formula is C12H16N2O4S. The Balaban J connectivity index is 2.34. The second-order valence-electron chi connectivity index (χ2n) is 4.52. The molecule has 0 saturated carbocycles. The van der Waals surface area contributed by atoms with E-state index >= 15 is 0 Å². The van der Waals surface area contributed by atoms with Crippen LogP contribution in [-0.2, 0) is 10.8 Å². The van der Waals surface area contributed by atoms with E-state index in [1.807, 2.05) is 4.90 Å². The Labute approximate surface area is 113 Å². The fourth-order valence-corrected chi connectivity index (χ4v) is 3.14. The van der Waals surface area contributed by atoms with E-state index in [0.29, 0.717) is 35.8 Å². The number of rotatable bonds is 3. The fraction of sp³-hybridized carbons (Fsp3) is 0.500. The number of benzene rings is 1. The number of anilines is 1. The molecule has 1 aliphatic rings. The van der Waals surface area contributed by atoms with Gasteiger partial charge in [0.1, 0.15) is 5.69 Å². The van der Waals surface area contributed by atoms with E-state index in [1.54, 1.807) is 19.1 Å². The van der Waals surface area contributed by atoms with E-state index in [0.717, 1.165) is 0 Å². The summed E-state index contributed by atoms with van der Waals surface area (Å²) in [6, 6.07) is 4.76. The summed E-state index contributed by atoms with van der Waals surface area (Å²) in [5.74, 6) is 1.07. The van der Waals surface area contributed by atoms with Gasteiger partial charge in [0.15, 0.2) is 0 Å². The zero-order valence-corrected chi connectivity index (χ0v) is 11.4. The summed E-state index contributed by atoms with van der Waals surface area (Å²) in [6.45, 7) is 2.69. The van der Waals surface area contributed by atoms with Gasteiger partial charge in [-0.1, -0.05) is 6.07 Å². The molecule has 104 valence electrons. The van der Waals surface area contributed by atoms with E-state index < -0.39 is 21.8 Å². The second kappa shape index (κ2) is 5.66. The zero-order valence-electron chi connectivity index (χ0n) is 10.6. The largest absolute Gasteiger partial charge is 0.389 e. The molecule has 1 fully saturated rings. The topological polar surface area (TPSA) is 83.7 Å². The molecule has 6 nitrogen and oxygen atoms in total. The van der Waals surface area contributed by atoms with Crippen LogP contribution in [0.25, 0.3) is 0 Å². The van der Waals surface area contributed by atoms with Crippen LogP contribution in [0.5, 0.6) is 0 Å². The molecule has 1 N–H and O–H groups in total. The number of nitro benzene ring substituents is 1. The smallest absolute Gasteiger partial charge is 0.292 e. The summed E-state index contributed by atoms with van der Waals surface area (Å²) < 4.78 is 11.3. The average molecular weight is 284 g/mol. The number of nitrogens with zero attached hydrogens (tertiary/aromatic N) is 2. The van der Waals surface area contributed by atoms with Crippen molar-refractivity contribution < 1.29 is 14.2 Å². The third-order valence-electron chi connectivity index (χ3n) is 3.20. The molecule has 1 saturated heterocycles. The fourth-order valence-electron chi connectivity index (χ4n) is 2.09. The van der Waals surface area contributed by atoms with Crippen LogP contribution in [-0.4, -0.2) is 38.8 Å². The first-order valence-corrected chi connectivity index (χ1v) is 7.54.